The molecule has 0 aliphatic rings. The minimum absolute atomic E-state index is 0.00166. The van der Waals surface area contributed by atoms with Gasteiger partial charge in [-0.15, -0.1) is 0 Å². The summed E-state index contributed by atoms with van der Waals surface area (Å²) in [6.45, 7) is 1.36. The van der Waals surface area contributed by atoms with Crippen LogP contribution in [0.15, 0.2) is 55.0 Å². The van der Waals surface area contributed by atoms with E-state index in [-0.39, 0.29) is 30.0 Å². The van der Waals surface area contributed by atoms with Crippen LogP contribution >= 0.6 is 0 Å². The molecule has 216 valence electrons. The molecule has 0 aliphatic heterocycles. The fourth-order valence-electron chi connectivity index (χ4n) is 3.28. The van der Waals surface area contributed by atoms with Gasteiger partial charge in [-0.05, 0) is 48.9 Å². The molecule has 0 bridgehead atoms. The van der Waals surface area contributed by atoms with Crippen molar-refractivity contribution < 1.29 is 45.4 Å². The lowest BCUT2D eigenvalue weighted by Gasteiger charge is -2.22. The number of nitrogens with two attached hydrogens (primary N) is 1. The molecule has 1 amide bonds. The van der Waals surface area contributed by atoms with Crippen LogP contribution in [-0.4, -0.2) is 48.0 Å². The number of hydrogen-bond donors (Lipinski definition) is 2. The van der Waals surface area contributed by atoms with E-state index in [2.05, 4.69) is 19.9 Å². The molecule has 41 heavy (non-hydrogen) atoms. The standard InChI is InChI=1S/C23H18F4N6O.C2HF3O2/c1-13-7-14-8-15(9-31-21(14)32-20(13)28)22(34)33(12-19-18(24)3-2-6-29-19)11-17-5-4-16(10-30-17)23(25,26)27;3-2(4,5)1(6)7/h2-10H,11-12H2,1H3,(H2,28,31,32);(H,6,7). The van der Waals surface area contributed by atoms with E-state index in [9.17, 15) is 35.5 Å². The van der Waals surface area contributed by atoms with Crippen molar-refractivity contribution in [3.05, 3.63) is 88.9 Å². The van der Waals surface area contributed by atoms with Crippen molar-refractivity contribution in [3.8, 4) is 0 Å². The molecule has 0 fully saturated rings. The van der Waals surface area contributed by atoms with Gasteiger partial charge in [-0.1, -0.05) is 0 Å². The highest BCUT2D eigenvalue weighted by Gasteiger charge is 2.38. The van der Waals surface area contributed by atoms with Gasteiger partial charge >= 0.3 is 18.3 Å². The van der Waals surface area contributed by atoms with E-state index in [0.717, 1.165) is 6.07 Å². The summed E-state index contributed by atoms with van der Waals surface area (Å²) in [6.07, 6.45) is -6.23. The van der Waals surface area contributed by atoms with Gasteiger partial charge in [0, 0.05) is 24.0 Å². The number of carbonyl (C=O) groups excluding carboxylic acids is 1. The van der Waals surface area contributed by atoms with Crippen molar-refractivity contribution in [1.29, 1.82) is 0 Å². The number of nitrogen functional groups attached to an aromatic ring is 1. The van der Waals surface area contributed by atoms with Crippen LogP contribution in [0, 0.1) is 12.7 Å². The first-order valence-electron chi connectivity index (χ1n) is 11.3. The molecule has 3 N–H and O–H groups in total. The van der Waals surface area contributed by atoms with E-state index < -0.39 is 35.6 Å². The van der Waals surface area contributed by atoms with Crippen molar-refractivity contribution >= 4 is 28.7 Å². The van der Waals surface area contributed by atoms with E-state index in [1.165, 1.54) is 35.5 Å². The molecule has 9 nitrogen and oxygen atoms in total. The van der Waals surface area contributed by atoms with Crippen LogP contribution in [0.3, 0.4) is 0 Å². The molecule has 4 aromatic heterocycles. The monoisotopic (exact) mass is 584 g/mol. The van der Waals surface area contributed by atoms with Gasteiger partial charge < -0.3 is 15.7 Å². The van der Waals surface area contributed by atoms with Gasteiger partial charge in [0.25, 0.3) is 5.91 Å². The molecule has 0 saturated carbocycles. The summed E-state index contributed by atoms with van der Waals surface area (Å²) in [5, 5.41) is 7.70. The number of carbonyl (C=O) groups is 2. The number of aryl methyl sites for hydroxylation is 1. The molecule has 0 aromatic carbocycles. The van der Waals surface area contributed by atoms with Gasteiger partial charge in [-0.3, -0.25) is 14.8 Å². The first-order chi connectivity index (χ1) is 19.1. The number of aromatic nitrogens is 4. The normalized spacial score (nSPS) is 11.5. The predicted octanol–water partition coefficient (Wildman–Crippen LogP) is 4.94. The van der Waals surface area contributed by atoms with Crippen LogP contribution < -0.4 is 5.73 Å². The van der Waals surface area contributed by atoms with Crippen molar-refractivity contribution in [3.63, 3.8) is 0 Å². The lowest BCUT2D eigenvalue weighted by Crippen LogP contribution is -2.31. The fourth-order valence-corrected chi connectivity index (χ4v) is 3.28. The second kappa shape index (κ2) is 12.1. The SMILES string of the molecule is Cc1cc2cc(C(=O)N(Cc3ccc(C(F)(F)F)cn3)Cc3ncccc3F)cnc2nc1N.O=C(O)C(F)(F)F. The molecular weight excluding hydrogens is 565 g/mol. The van der Waals surface area contributed by atoms with Gasteiger partial charge in [0.1, 0.15) is 11.6 Å². The van der Waals surface area contributed by atoms with Crippen LogP contribution in [0.5, 0.6) is 0 Å². The number of rotatable bonds is 5. The molecule has 0 aliphatic carbocycles. The van der Waals surface area contributed by atoms with Crippen molar-refractivity contribution in [2.75, 3.05) is 5.73 Å². The highest BCUT2D eigenvalue weighted by Crippen LogP contribution is 2.28. The smallest absolute Gasteiger partial charge is 0.475 e. The number of anilines is 1. The van der Waals surface area contributed by atoms with Crippen molar-refractivity contribution in [1.82, 2.24) is 24.8 Å². The van der Waals surface area contributed by atoms with Gasteiger partial charge in [0.2, 0.25) is 0 Å². The summed E-state index contributed by atoms with van der Waals surface area (Å²) < 4.78 is 84.6. The topological polar surface area (TPSA) is 135 Å². The molecule has 4 aromatic rings. The minimum atomic E-state index is -5.08. The van der Waals surface area contributed by atoms with E-state index in [4.69, 9.17) is 15.6 Å². The first kappa shape index (κ1) is 30.6. The molecule has 4 heterocycles. The quantitative estimate of drug-likeness (QED) is 0.315. The average Bonchev–Trinajstić information content (AvgIpc) is 2.89. The number of carboxylic acids is 1. The molecule has 4 rings (SSSR count). The minimum Gasteiger partial charge on any atom is -0.475 e. The van der Waals surface area contributed by atoms with E-state index in [1.54, 1.807) is 19.1 Å². The Hall–Kier alpha value is -4.89. The van der Waals surface area contributed by atoms with Crippen LogP contribution in [0.2, 0.25) is 0 Å². The summed E-state index contributed by atoms with van der Waals surface area (Å²) in [7, 11) is 0. The van der Waals surface area contributed by atoms with Crippen molar-refractivity contribution in [2.45, 2.75) is 32.4 Å². The Kier molecular flexibility index (Phi) is 9.04. The fraction of sp³-hybridized carbons (Fsp3) is 0.200. The number of hydrogen-bond acceptors (Lipinski definition) is 7. The Balaban J connectivity index is 0.000000587. The maximum atomic E-state index is 14.3. The Bertz CT molecular complexity index is 1560. The Morgan fingerprint density at radius 3 is 2.22 bits per heavy atom. The molecule has 0 atom stereocenters. The first-order valence-corrected chi connectivity index (χ1v) is 11.3. The van der Waals surface area contributed by atoms with Crippen LogP contribution in [-0.2, 0) is 24.1 Å². The van der Waals surface area contributed by atoms with Crippen LogP contribution in [0.1, 0.15) is 32.9 Å². The number of halogens is 7. The van der Waals surface area contributed by atoms with Gasteiger partial charge in [-0.25, -0.2) is 19.2 Å². The molecule has 0 radical (unpaired) electrons. The molecule has 0 spiro atoms. The zero-order valence-corrected chi connectivity index (χ0v) is 20.8. The average molecular weight is 584 g/mol. The molecule has 16 heteroatoms. The zero-order valence-electron chi connectivity index (χ0n) is 20.8. The summed E-state index contributed by atoms with van der Waals surface area (Å²) in [5.74, 6) is -3.59. The largest absolute Gasteiger partial charge is 0.490 e. The third-order valence-electron chi connectivity index (χ3n) is 5.35. The number of fused-ring (bicyclic) bond motifs is 1. The molecular formula is C25H19F7N6O3. The summed E-state index contributed by atoms with van der Waals surface area (Å²) in [6, 6.07) is 7.98. The third-order valence-corrected chi connectivity index (χ3v) is 5.35. The second-order valence-electron chi connectivity index (χ2n) is 8.39. The van der Waals surface area contributed by atoms with E-state index in [1.807, 2.05) is 0 Å². The van der Waals surface area contributed by atoms with Crippen LogP contribution in [0.4, 0.5) is 36.6 Å². The molecule has 0 saturated heterocycles. The summed E-state index contributed by atoms with van der Waals surface area (Å²) in [5.41, 5.74) is 6.33. The van der Waals surface area contributed by atoms with E-state index >= 15 is 0 Å². The number of carboxylic acid groups (broad SMARTS) is 1. The second-order valence-corrected chi connectivity index (χ2v) is 8.39. The lowest BCUT2D eigenvalue weighted by atomic mass is 10.1. The van der Waals surface area contributed by atoms with Crippen LogP contribution in [0.25, 0.3) is 11.0 Å². The predicted molar refractivity (Wildman–Crippen MR) is 129 cm³/mol. The summed E-state index contributed by atoms with van der Waals surface area (Å²) >= 11 is 0. The van der Waals surface area contributed by atoms with Gasteiger partial charge in [0.05, 0.1) is 35.6 Å². The maximum Gasteiger partial charge on any atom is 0.490 e. The van der Waals surface area contributed by atoms with Crippen molar-refractivity contribution in [2.24, 2.45) is 0 Å². The number of alkyl halides is 6. The van der Waals surface area contributed by atoms with E-state index in [0.29, 0.717) is 28.6 Å². The third kappa shape index (κ3) is 8.06. The number of aliphatic carboxylic acids is 1. The highest BCUT2D eigenvalue weighted by atomic mass is 19.4. The zero-order chi connectivity index (χ0) is 30.5. The number of pyridine rings is 4. The number of nitrogens with zero attached hydrogens (tertiary/aromatic N) is 5. The lowest BCUT2D eigenvalue weighted by molar-refractivity contribution is -0.192. The molecule has 0 unspecified atom stereocenters. The highest BCUT2D eigenvalue weighted by molar-refractivity contribution is 5.97. The van der Waals surface area contributed by atoms with Gasteiger partial charge in [-0.2, -0.15) is 26.3 Å². The maximum absolute atomic E-state index is 14.3. The number of amides is 1. The Morgan fingerprint density at radius 2 is 1.66 bits per heavy atom. The summed E-state index contributed by atoms with van der Waals surface area (Å²) in [4.78, 5) is 39.7. The Morgan fingerprint density at radius 1 is 0.976 bits per heavy atom. The Labute approximate surface area is 226 Å². The van der Waals surface area contributed by atoms with Gasteiger partial charge in [0.15, 0.2) is 5.65 Å².